The Kier molecular flexibility index (Phi) is 5.52. The molecule has 0 amide bonds. The first-order chi connectivity index (χ1) is 17.5. The van der Waals surface area contributed by atoms with Crippen LogP contribution >= 0.6 is 12.6 Å². The van der Waals surface area contributed by atoms with Gasteiger partial charge < -0.3 is 9.84 Å². The van der Waals surface area contributed by atoms with Gasteiger partial charge in [-0.05, 0) is 85.5 Å². The molecule has 2 aromatic rings. The molecule has 0 bridgehead atoms. The SMILES string of the molecule is CC(=O)O[C@]1(C(=O)S)CC[C@H]2[C@@H]3CCC4=Cc5c(cnn5-c5ccc(F)nc5)C[C@]4(C)[C@H]3[C@@H](O)C[C@@]21C. The van der Waals surface area contributed by atoms with Crippen LogP contribution in [0.3, 0.4) is 0 Å². The third kappa shape index (κ3) is 3.35. The average molecular weight is 526 g/mol. The number of nitrogens with zero attached hydrogens (tertiary/aromatic N) is 3. The number of pyridine rings is 1. The number of aliphatic hydroxyl groups is 1. The van der Waals surface area contributed by atoms with E-state index in [2.05, 4.69) is 35.7 Å². The minimum absolute atomic E-state index is 0.0118. The van der Waals surface area contributed by atoms with E-state index in [9.17, 15) is 19.1 Å². The zero-order chi connectivity index (χ0) is 26.3. The van der Waals surface area contributed by atoms with Crippen LogP contribution < -0.4 is 0 Å². The topological polar surface area (TPSA) is 94.3 Å². The van der Waals surface area contributed by atoms with Crippen LogP contribution in [0.2, 0.25) is 0 Å². The molecule has 9 heteroatoms. The molecule has 0 saturated heterocycles. The monoisotopic (exact) mass is 525 g/mol. The number of hydrogen-bond acceptors (Lipinski definition) is 6. The standard InChI is InChI=1S/C28H32FN3O4S/c1-15(33)36-28(25(35)37)9-8-20-19-6-4-17-10-21-16(13-31-32(21)18-5-7-23(29)30-14-18)11-26(17,2)24(19)22(34)12-27(20,28)3/h5,7,10,13-14,19-20,22,24,34H,4,6,8-9,11-12H2,1-3H3,(H,35,37)/t19-,20-,22-,24+,26-,27-,28-/m0/s1. The number of halogens is 1. The van der Waals surface area contributed by atoms with E-state index in [1.54, 1.807) is 10.7 Å². The van der Waals surface area contributed by atoms with Crippen molar-refractivity contribution >= 4 is 29.8 Å². The number of ether oxygens (including phenoxy) is 1. The van der Waals surface area contributed by atoms with Crippen molar-refractivity contribution in [2.45, 2.75) is 71.0 Å². The molecule has 0 radical (unpaired) electrons. The van der Waals surface area contributed by atoms with Gasteiger partial charge in [0.1, 0.15) is 0 Å². The van der Waals surface area contributed by atoms with Crippen LogP contribution in [0.1, 0.15) is 64.1 Å². The fourth-order valence-corrected chi connectivity index (χ4v) is 9.09. The van der Waals surface area contributed by atoms with E-state index in [0.717, 1.165) is 36.9 Å². The Morgan fingerprint density at radius 2 is 2.03 bits per heavy atom. The molecule has 2 aromatic heterocycles. The van der Waals surface area contributed by atoms with E-state index in [0.29, 0.717) is 18.5 Å². The maximum absolute atomic E-state index is 13.4. The van der Waals surface area contributed by atoms with Gasteiger partial charge in [0.15, 0.2) is 5.60 Å². The number of hydrogen-bond donors (Lipinski definition) is 2. The van der Waals surface area contributed by atoms with Crippen LogP contribution in [-0.2, 0) is 20.7 Å². The van der Waals surface area contributed by atoms with Gasteiger partial charge in [0.05, 0.1) is 29.9 Å². The molecule has 196 valence electrons. The number of carbonyl (C=O) groups is 2. The third-order valence-corrected chi connectivity index (χ3v) is 10.5. The number of allylic oxidation sites excluding steroid dienone is 1. The van der Waals surface area contributed by atoms with Gasteiger partial charge in [-0.2, -0.15) is 9.49 Å². The van der Waals surface area contributed by atoms with Crippen molar-refractivity contribution in [2.24, 2.45) is 28.6 Å². The third-order valence-electron chi connectivity index (χ3n) is 10.2. The Labute approximate surface area is 220 Å². The quantitative estimate of drug-likeness (QED) is 0.352. The summed E-state index contributed by atoms with van der Waals surface area (Å²) in [7, 11) is 0. The fraction of sp³-hybridized carbons (Fsp3) is 0.571. The van der Waals surface area contributed by atoms with Gasteiger partial charge in [-0.1, -0.05) is 19.4 Å². The summed E-state index contributed by atoms with van der Waals surface area (Å²) >= 11 is 4.19. The van der Waals surface area contributed by atoms with Crippen molar-refractivity contribution in [1.82, 2.24) is 14.8 Å². The van der Waals surface area contributed by atoms with Crippen LogP contribution in [0.15, 0.2) is 30.1 Å². The van der Waals surface area contributed by atoms with Crippen molar-refractivity contribution in [2.75, 3.05) is 0 Å². The largest absolute Gasteiger partial charge is 0.450 e. The van der Waals surface area contributed by atoms with Crippen molar-refractivity contribution in [3.05, 3.63) is 47.3 Å². The van der Waals surface area contributed by atoms with Crippen LogP contribution in [0.4, 0.5) is 4.39 Å². The van der Waals surface area contributed by atoms with Crippen molar-refractivity contribution in [3.8, 4) is 5.69 Å². The molecule has 7 atom stereocenters. The van der Waals surface area contributed by atoms with Crippen LogP contribution in [0.5, 0.6) is 0 Å². The first-order valence-electron chi connectivity index (χ1n) is 13.0. The highest BCUT2D eigenvalue weighted by atomic mass is 32.1. The van der Waals surface area contributed by atoms with Gasteiger partial charge in [0, 0.05) is 12.3 Å². The highest BCUT2D eigenvalue weighted by Gasteiger charge is 2.70. The Morgan fingerprint density at radius 3 is 2.70 bits per heavy atom. The normalized spacial score (nSPS) is 38.1. The zero-order valence-electron chi connectivity index (χ0n) is 21.3. The highest BCUT2D eigenvalue weighted by Crippen LogP contribution is 2.68. The lowest BCUT2D eigenvalue weighted by Crippen LogP contribution is -2.62. The zero-order valence-corrected chi connectivity index (χ0v) is 22.2. The van der Waals surface area contributed by atoms with E-state index in [1.807, 2.05) is 13.1 Å². The van der Waals surface area contributed by atoms with Gasteiger partial charge >= 0.3 is 5.97 Å². The van der Waals surface area contributed by atoms with Crippen molar-refractivity contribution < 1.29 is 23.8 Å². The number of carbonyl (C=O) groups excluding carboxylic acids is 2. The predicted molar refractivity (Wildman–Crippen MR) is 137 cm³/mol. The molecule has 0 aliphatic heterocycles. The molecule has 2 heterocycles. The Hall–Kier alpha value is -2.52. The molecule has 0 unspecified atom stereocenters. The number of rotatable bonds is 3. The maximum atomic E-state index is 13.4. The van der Waals surface area contributed by atoms with Gasteiger partial charge in [-0.3, -0.25) is 9.59 Å². The van der Waals surface area contributed by atoms with Crippen LogP contribution in [0, 0.1) is 34.5 Å². The van der Waals surface area contributed by atoms with Crippen LogP contribution in [0.25, 0.3) is 11.8 Å². The minimum Gasteiger partial charge on any atom is -0.450 e. The summed E-state index contributed by atoms with van der Waals surface area (Å²) in [4.78, 5) is 28.7. The first kappa shape index (κ1) is 24.8. The Balaban J connectivity index is 1.37. The second-order valence-corrected chi connectivity index (χ2v) is 12.3. The van der Waals surface area contributed by atoms with Crippen LogP contribution in [-0.4, -0.2) is 42.7 Å². The lowest BCUT2D eigenvalue weighted by Gasteiger charge is -2.60. The fourth-order valence-electron chi connectivity index (χ4n) is 8.68. The minimum atomic E-state index is -1.31. The van der Waals surface area contributed by atoms with Crippen molar-refractivity contribution in [3.63, 3.8) is 0 Å². The smallest absolute Gasteiger partial charge is 0.303 e. The van der Waals surface area contributed by atoms with Gasteiger partial charge in [0.25, 0.3) is 0 Å². The molecule has 7 nitrogen and oxygen atoms in total. The van der Waals surface area contributed by atoms with Gasteiger partial charge in [-0.15, -0.1) is 12.6 Å². The lowest BCUT2D eigenvalue weighted by atomic mass is 9.45. The summed E-state index contributed by atoms with van der Waals surface area (Å²) in [6.45, 7) is 5.59. The summed E-state index contributed by atoms with van der Waals surface area (Å²) in [5, 5.41) is 15.9. The number of aromatic nitrogens is 3. The van der Waals surface area contributed by atoms with Crippen molar-refractivity contribution in [1.29, 1.82) is 0 Å². The molecule has 3 saturated carbocycles. The molecule has 4 aliphatic carbocycles. The van der Waals surface area contributed by atoms with E-state index in [-0.39, 0.29) is 23.2 Å². The van der Waals surface area contributed by atoms with Gasteiger partial charge in [-0.25, -0.2) is 9.67 Å². The molecule has 37 heavy (non-hydrogen) atoms. The summed E-state index contributed by atoms with van der Waals surface area (Å²) in [5.74, 6) is -0.674. The molecular weight excluding hydrogens is 493 g/mol. The molecule has 1 N–H and O–H groups in total. The molecule has 4 aliphatic rings. The molecular formula is C28H32FN3O4S. The van der Waals surface area contributed by atoms with E-state index >= 15 is 0 Å². The molecule has 6 rings (SSSR count). The Bertz CT molecular complexity index is 1330. The molecule has 3 fully saturated rings. The van der Waals surface area contributed by atoms with E-state index in [1.165, 1.54) is 24.8 Å². The lowest BCUT2D eigenvalue weighted by molar-refractivity contribution is -0.194. The average Bonchev–Trinajstić information content (AvgIpc) is 3.35. The molecule has 0 spiro atoms. The highest BCUT2D eigenvalue weighted by molar-refractivity contribution is 7.96. The number of esters is 1. The van der Waals surface area contributed by atoms with Gasteiger partial charge in [0.2, 0.25) is 11.1 Å². The summed E-state index contributed by atoms with van der Waals surface area (Å²) in [6.07, 6.45) is 8.98. The molecule has 0 aromatic carbocycles. The number of aliphatic hydroxyl groups excluding tert-OH is 1. The summed E-state index contributed by atoms with van der Waals surface area (Å²) < 4.78 is 21.0. The first-order valence-corrected chi connectivity index (χ1v) is 13.5. The summed E-state index contributed by atoms with van der Waals surface area (Å²) in [5.41, 5.74) is 1.82. The predicted octanol–water partition coefficient (Wildman–Crippen LogP) is 4.32. The van der Waals surface area contributed by atoms with E-state index < -0.39 is 34.2 Å². The second kappa shape index (κ2) is 8.24. The maximum Gasteiger partial charge on any atom is 0.303 e. The number of fused-ring (bicyclic) bond motifs is 6. The number of thiol groups is 1. The second-order valence-electron chi connectivity index (χ2n) is 11.9. The van der Waals surface area contributed by atoms with E-state index in [4.69, 9.17) is 4.74 Å². The Morgan fingerprint density at radius 1 is 1.24 bits per heavy atom. The summed E-state index contributed by atoms with van der Waals surface area (Å²) in [6, 6.07) is 3.00.